The first-order valence-electron chi connectivity index (χ1n) is 10.7. The van der Waals surface area contributed by atoms with Crippen LogP contribution in [-0.2, 0) is 9.53 Å². The summed E-state index contributed by atoms with van der Waals surface area (Å²) in [5.74, 6) is -1.05. The summed E-state index contributed by atoms with van der Waals surface area (Å²) in [4.78, 5) is 28.9. The summed E-state index contributed by atoms with van der Waals surface area (Å²) in [6, 6.07) is 9.51. The van der Waals surface area contributed by atoms with Crippen molar-refractivity contribution in [2.45, 2.75) is 25.1 Å². The predicted octanol–water partition coefficient (Wildman–Crippen LogP) is 4.05. The highest BCUT2D eigenvalue weighted by atomic mass is 32.2. The molecule has 2 saturated heterocycles. The number of morpholine rings is 1. The number of ether oxygens (including phenoxy) is 1. The number of amides is 1. The number of halogens is 1. The molecule has 0 saturated carbocycles. The largest absolute Gasteiger partial charge is 0.478 e. The van der Waals surface area contributed by atoms with Crippen LogP contribution in [0, 0.1) is 12.7 Å². The fourth-order valence-electron chi connectivity index (χ4n) is 4.62. The molecule has 0 aromatic heterocycles. The van der Waals surface area contributed by atoms with Crippen LogP contribution < -0.4 is 4.90 Å². The number of carboxylic acids is 1. The van der Waals surface area contributed by atoms with Gasteiger partial charge >= 0.3 is 5.97 Å². The van der Waals surface area contributed by atoms with E-state index < -0.39 is 5.97 Å². The van der Waals surface area contributed by atoms with E-state index in [1.165, 1.54) is 23.9 Å². The Kier molecular flexibility index (Phi) is 6.83. The van der Waals surface area contributed by atoms with Crippen LogP contribution in [0.25, 0.3) is 0 Å². The zero-order chi connectivity index (χ0) is 22.8. The van der Waals surface area contributed by atoms with E-state index in [0.717, 1.165) is 36.3 Å². The van der Waals surface area contributed by atoms with Crippen molar-refractivity contribution in [3.05, 3.63) is 64.5 Å². The van der Waals surface area contributed by atoms with Crippen LogP contribution in [-0.4, -0.2) is 60.5 Å². The zero-order valence-corrected chi connectivity index (χ0v) is 19.0. The van der Waals surface area contributed by atoms with E-state index in [9.17, 15) is 19.1 Å². The van der Waals surface area contributed by atoms with Crippen LogP contribution in [0.5, 0.6) is 0 Å². The number of thioether (sulfide) groups is 1. The third-order valence-electron chi connectivity index (χ3n) is 6.13. The van der Waals surface area contributed by atoms with Gasteiger partial charge in [-0.3, -0.25) is 14.6 Å². The van der Waals surface area contributed by atoms with E-state index in [1.54, 1.807) is 29.2 Å². The van der Waals surface area contributed by atoms with Crippen molar-refractivity contribution in [2.75, 3.05) is 43.5 Å². The fourth-order valence-corrected chi connectivity index (χ4v) is 5.79. The first-order valence-corrected chi connectivity index (χ1v) is 11.8. The number of carboxylic acid groups (broad SMARTS) is 1. The summed E-state index contributed by atoms with van der Waals surface area (Å²) in [5, 5.41) is 9.58. The zero-order valence-electron chi connectivity index (χ0n) is 18.2. The lowest BCUT2D eigenvalue weighted by molar-refractivity contribution is -0.115. The minimum absolute atomic E-state index is 0.0335. The molecule has 0 radical (unpaired) electrons. The summed E-state index contributed by atoms with van der Waals surface area (Å²) in [7, 11) is 0. The quantitative estimate of drug-likeness (QED) is 0.705. The maximum Gasteiger partial charge on any atom is 0.335 e. The van der Waals surface area contributed by atoms with Gasteiger partial charge in [0.15, 0.2) is 0 Å². The molecule has 8 heteroatoms. The molecule has 1 amide bonds. The summed E-state index contributed by atoms with van der Waals surface area (Å²) in [6.07, 6.45) is 0. The average Bonchev–Trinajstić information content (AvgIpc) is 3.15. The van der Waals surface area contributed by atoms with Gasteiger partial charge in [-0.2, -0.15) is 0 Å². The van der Waals surface area contributed by atoms with Gasteiger partial charge in [0.25, 0.3) is 0 Å². The molecule has 2 aromatic rings. The Balaban J connectivity index is 1.72. The molecule has 0 bridgehead atoms. The number of benzene rings is 2. The van der Waals surface area contributed by atoms with Gasteiger partial charge in [0.2, 0.25) is 5.91 Å². The summed E-state index contributed by atoms with van der Waals surface area (Å²) >= 11 is 1.49. The number of carbonyl (C=O) groups is 2. The number of carbonyl (C=O) groups excluding carboxylic acids is 1. The van der Waals surface area contributed by atoms with Gasteiger partial charge in [-0.1, -0.05) is 19.1 Å². The second-order valence-corrected chi connectivity index (χ2v) is 9.34. The Hall–Kier alpha value is -2.42. The second kappa shape index (κ2) is 9.60. The van der Waals surface area contributed by atoms with Crippen molar-refractivity contribution >= 4 is 29.3 Å². The Morgan fingerprint density at radius 2 is 1.91 bits per heavy atom. The SMILES string of the molecule is Cc1c(N2C(=O)CSC2c2ccc(F)cc2)ccc(C(=O)O)c1C(C)CN1CCOCC1. The monoisotopic (exact) mass is 458 g/mol. The van der Waals surface area contributed by atoms with Crippen LogP contribution in [0.3, 0.4) is 0 Å². The van der Waals surface area contributed by atoms with Crippen LogP contribution in [0.2, 0.25) is 0 Å². The first kappa shape index (κ1) is 22.8. The van der Waals surface area contributed by atoms with Crippen molar-refractivity contribution in [1.82, 2.24) is 4.90 Å². The van der Waals surface area contributed by atoms with E-state index in [2.05, 4.69) is 4.90 Å². The van der Waals surface area contributed by atoms with E-state index >= 15 is 0 Å². The molecule has 2 aliphatic rings. The highest BCUT2D eigenvalue weighted by Gasteiger charge is 2.36. The number of hydrogen-bond donors (Lipinski definition) is 1. The number of rotatable bonds is 6. The van der Waals surface area contributed by atoms with Gasteiger partial charge in [-0.05, 0) is 53.8 Å². The van der Waals surface area contributed by atoms with Gasteiger partial charge < -0.3 is 9.84 Å². The van der Waals surface area contributed by atoms with Crippen molar-refractivity contribution in [3.63, 3.8) is 0 Å². The third-order valence-corrected chi connectivity index (χ3v) is 7.34. The standard InChI is InChI=1S/C24H27FN2O4S/c1-15(13-26-9-11-31-12-10-26)22-16(2)20(8-7-19(22)24(29)30)27-21(28)14-32-23(27)17-3-5-18(25)6-4-17/h3-8,15,23H,9-14H2,1-2H3,(H,29,30). The molecule has 2 atom stereocenters. The van der Waals surface area contributed by atoms with E-state index in [4.69, 9.17) is 4.74 Å². The van der Waals surface area contributed by atoms with Gasteiger partial charge in [-0.15, -0.1) is 11.8 Å². The molecule has 1 N–H and O–H groups in total. The van der Waals surface area contributed by atoms with Crippen molar-refractivity contribution < 1.29 is 23.8 Å². The Morgan fingerprint density at radius 1 is 1.22 bits per heavy atom. The maximum absolute atomic E-state index is 13.4. The van der Waals surface area contributed by atoms with Crippen molar-refractivity contribution in [3.8, 4) is 0 Å². The lowest BCUT2D eigenvalue weighted by Gasteiger charge is -2.32. The predicted molar refractivity (Wildman–Crippen MR) is 123 cm³/mol. The lowest BCUT2D eigenvalue weighted by atomic mass is 9.89. The van der Waals surface area contributed by atoms with Crippen LogP contribution in [0.1, 0.15) is 45.3 Å². The molecule has 2 heterocycles. The molecular formula is C24H27FN2O4S. The Bertz CT molecular complexity index is 1010. The topological polar surface area (TPSA) is 70.1 Å². The first-order chi connectivity index (χ1) is 15.4. The number of aromatic carboxylic acids is 1. The normalized spacial score (nSPS) is 20.5. The number of nitrogens with zero attached hydrogens (tertiary/aromatic N) is 2. The molecule has 170 valence electrons. The summed E-state index contributed by atoms with van der Waals surface area (Å²) in [5.41, 5.74) is 3.37. The molecule has 6 nitrogen and oxygen atoms in total. The minimum atomic E-state index is -0.972. The average molecular weight is 459 g/mol. The fraction of sp³-hybridized carbons (Fsp3) is 0.417. The van der Waals surface area contributed by atoms with Crippen molar-refractivity contribution in [1.29, 1.82) is 0 Å². The molecule has 2 unspecified atom stereocenters. The van der Waals surface area contributed by atoms with E-state index in [1.807, 2.05) is 13.8 Å². The van der Waals surface area contributed by atoms with Gasteiger partial charge in [0.1, 0.15) is 11.2 Å². The number of anilines is 1. The Morgan fingerprint density at radius 3 is 2.56 bits per heavy atom. The third kappa shape index (κ3) is 4.53. The highest BCUT2D eigenvalue weighted by molar-refractivity contribution is 8.00. The van der Waals surface area contributed by atoms with E-state index in [-0.39, 0.29) is 28.6 Å². The molecule has 2 aliphatic heterocycles. The van der Waals surface area contributed by atoms with Gasteiger partial charge in [0.05, 0.1) is 24.5 Å². The maximum atomic E-state index is 13.4. The van der Waals surface area contributed by atoms with Crippen LogP contribution in [0.15, 0.2) is 36.4 Å². The molecule has 0 aliphatic carbocycles. The molecule has 32 heavy (non-hydrogen) atoms. The van der Waals surface area contributed by atoms with Crippen LogP contribution in [0.4, 0.5) is 10.1 Å². The Labute approximate surface area is 191 Å². The number of hydrogen-bond acceptors (Lipinski definition) is 5. The molecule has 2 fully saturated rings. The van der Waals surface area contributed by atoms with Gasteiger partial charge in [-0.25, -0.2) is 9.18 Å². The summed E-state index contributed by atoms with van der Waals surface area (Å²) in [6.45, 7) is 7.64. The molecule has 4 rings (SSSR count). The van der Waals surface area contributed by atoms with E-state index in [0.29, 0.717) is 24.7 Å². The lowest BCUT2D eigenvalue weighted by Crippen LogP contribution is -2.38. The highest BCUT2D eigenvalue weighted by Crippen LogP contribution is 2.44. The molecule has 2 aromatic carbocycles. The van der Waals surface area contributed by atoms with Gasteiger partial charge in [0, 0.05) is 25.3 Å². The minimum Gasteiger partial charge on any atom is -0.478 e. The molecule has 0 spiro atoms. The smallest absolute Gasteiger partial charge is 0.335 e. The molecular weight excluding hydrogens is 431 g/mol. The van der Waals surface area contributed by atoms with Crippen LogP contribution >= 0.6 is 11.8 Å². The van der Waals surface area contributed by atoms with Crippen molar-refractivity contribution in [2.24, 2.45) is 0 Å². The second-order valence-electron chi connectivity index (χ2n) is 8.27. The summed E-state index contributed by atoms with van der Waals surface area (Å²) < 4.78 is 18.9.